The van der Waals surface area contributed by atoms with Crippen molar-refractivity contribution in [3.8, 4) is 10.6 Å². The first-order valence-electron chi connectivity index (χ1n) is 8.10. The third kappa shape index (κ3) is 3.96. The number of nitrogens with one attached hydrogen (secondary N) is 1. The van der Waals surface area contributed by atoms with E-state index in [2.05, 4.69) is 27.1 Å². The summed E-state index contributed by atoms with van der Waals surface area (Å²) in [6.45, 7) is 2.21. The largest absolute Gasteiger partial charge is 0.396 e. The molecule has 0 aliphatic heterocycles. The third-order valence-electron chi connectivity index (χ3n) is 4.68. The lowest BCUT2D eigenvalue weighted by Gasteiger charge is -2.37. The van der Waals surface area contributed by atoms with Crippen molar-refractivity contribution in [2.45, 2.75) is 45.1 Å². The first kappa shape index (κ1) is 16.1. The average molecular weight is 337 g/mol. The molecule has 2 heterocycles. The summed E-state index contributed by atoms with van der Waals surface area (Å²) in [6.07, 6.45) is 9.40. The van der Waals surface area contributed by atoms with E-state index in [1.165, 1.54) is 42.5 Å². The van der Waals surface area contributed by atoms with Crippen molar-refractivity contribution in [2.24, 2.45) is 5.41 Å². The summed E-state index contributed by atoms with van der Waals surface area (Å²) in [4.78, 5) is 5.81. The molecule has 120 valence electrons. The average Bonchev–Trinajstić information content (AvgIpc) is 3.19. The van der Waals surface area contributed by atoms with Gasteiger partial charge < -0.3 is 10.4 Å². The van der Waals surface area contributed by atoms with Gasteiger partial charge in [0.15, 0.2) is 0 Å². The van der Waals surface area contributed by atoms with E-state index in [9.17, 15) is 5.11 Å². The van der Waals surface area contributed by atoms with Gasteiger partial charge >= 0.3 is 0 Å². The molecule has 2 aromatic rings. The van der Waals surface area contributed by atoms with E-state index in [4.69, 9.17) is 0 Å². The Balaban J connectivity index is 1.53. The normalized spacial score (nSPS) is 17.7. The van der Waals surface area contributed by atoms with Crippen LogP contribution in [0.5, 0.6) is 0 Å². The number of aliphatic hydroxyl groups excluding tert-OH is 1. The molecule has 0 saturated heterocycles. The van der Waals surface area contributed by atoms with Gasteiger partial charge in [0.05, 0.1) is 0 Å². The number of hydrogen-bond acceptors (Lipinski definition) is 5. The van der Waals surface area contributed by atoms with E-state index >= 15 is 0 Å². The molecule has 22 heavy (non-hydrogen) atoms. The second kappa shape index (κ2) is 7.68. The summed E-state index contributed by atoms with van der Waals surface area (Å²) >= 11 is 3.49. The molecule has 0 amide bonds. The quantitative estimate of drug-likeness (QED) is 0.792. The smallest absolute Gasteiger partial charge is 0.124 e. The van der Waals surface area contributed by atoms with Crippen LogP contribution in [0.3, 0.4) is 0 Å². The highest BCUT2D eigenvalue weighted by Crippen LogP contribution is 2.38. The van der Waals surface area contributed by atoms with E-state index in [1.54, 1.807) is 22.7 Å². The third-order valence-corrected chi connectivity index (χ3v) is 6.41. The van der Waals surface area contributed by atoms with Crippen molar-refractivity contribution >= 4 is 22.7 Å². The van der Waals surface area contributed by atoms with Crippen molar-refractivity contribution in [1.82, 2.24) is 10.3 Å². The second-order valence-corrected chi connectivity index (χ2v) is 8.18. The maximum absolute atomic E-state index is 9.37. The van der Waals surface area contributed by atoms with Gasteiger partial charge in [-0.05, 0) is 36.1 Å². The Morgan fingerprint density at radius 3 is 2.86 bits per heavy atom. The van der Waals surface area contributed by atoms with Crippen LogP contribution in [-0.4, -0.2) is 23.2 Å². The lowest BCUT2D eigenvalue weighted by atomic mass is 9.72. The SMILES string of the molecule is OCCC1(CNCc2cnc(-c3ccsc3)s2)CCCCC1. The number of rotatable bonds is 7. The number of nitrogens with zero attached hydrogens (tertiary/aromatic N) is 1. The molecule has 1 aliphatic carbocycles. The van der Waals surface area contributed by atoms with Gasteiger partial charge in [-0.25, -0.2) is 4.98 Å². The summed E-state index contributed by atoms with van der Waals surface area (Å²) in [7, 11) is 0. The fraction of sp³-hybridized carbons (Fsp3) is 0.588. The fourth-order valence-electron chi connectivity index (χ4n) is 3.41. The Hall–Kier alpha value is -0.750. The summed E-state index contributed by atoms with van der Waals surface area (Å²) in [6, 6.07) is 2.12. The van der Waals surface area contributed by atoms with Crippen LogP contribution < -0.4 is 5.32 Å². The number of hydrogen-bond donors (Lipinski definition) is 2. The minimum Gasteiger partial charge on any atom is -0.396 e. The van der Waals surface area contributed by atoms with Gasteiger partial charge in [-0.3, -0.25) is 0 Å². The number of thiophene rings is 1. The Kier molecular flexibility index (Phi) is 5.63. The standard InChI is InChI=1S/C17H24N2OS2/c20-8-7-17(5-2-1-3-6-17)13-18-10-15-11-19-16(22-15)14-4-9-21-12-14/h4,9,11-12,18,20H,1-3,5-8,10,13H2. The zero-order valence-electron chi connectivity index (χ0n) is 12.9. The Morgan fingerprint density at radius 2 is 2.14 bits per heavy atom. The van der Waals surface area contributed by atoms with Crippen LogP contribution in [0.25, 0.3) is 10.6 Å². The minimum absolute atomic E-state index is 0.310. The molecule has 0 radical (unpaired) electrons. The zero-order valence-corrected chi connectivity index (χ0v) is 14.5. The van der Waals surface area contributed by atoms with Crippen molar-refractivity contribution in [3.05, 3.63) is 27.9 Å². The maximum Gasteiger partial charge on any atom is 0.124 e. The molecule has 0 atom stereocenters. The van der Waals surface area contributed by atoms with Crippen molar-refractivity contribution in [2.75, 3.05) is 13.2 Å². The molecule has 0 spiro atoms. The highest BCUT2D eigenvalue weighted by molar-refractivity contribution is 7.15. The predicted octanol–water partition coefficient (Wildman–Crippen LogP) is 4.29. The monoisotopic (exact) mass is 336 g/mol. The first-order valence-corrected chi connectivity index (χ1v) is 9.86. The molecule has 1 aliphatic rings. The molecule has 0 unspecified atom stereocenters. The molecular weight excluding hydrogens is 312 g/mol. The van der Waals surface area contributed by atoms with Crippen LogP contribution >= 0.6 is 22.7 Å². The van der Waals surface area contributed by atoms with Gasteiger partial charge in [-0.2, -0.15) is 11.3 Å². The highest BCUT2D eigenvalue weighted by Gasteiger charge is 2.30. The lowest BCUT2D eigenvalue weighted by molar-refractivity contribution is 0.126. The van der Waals surface area contributed by atoms with Crippen molar-refractivity contribution in [1.29, 1.82) is 0 Å². The molecule has 1 saturated carbocycles. The molecule has 1 fully saturated rings. The molecule has 2 N–H and O–H groups in total. The van der Waals surface area contributed by atoms with Crippen molar-refractivity contribution < 1.29 is 5.11 Å². The van der Waals surface area contributed by atoms with Gasteiger partial charge in [0.2, 0.25) is 0 Å². The topological polar surface area (TPSA) is 45.1 Å². The minimum atomic E-state index is 0.310. The lowest BCUT2D eigenvalue weighted by Crippen LogP contribution is -2.36. The summed E-state index contributed by atoms with van der Waals surface area (Å²) in [5.74, 6) is 0. The summed E-state index contributed by atoms with van der Waals surface area (Å²) in [5, 5.41) is 18.3. The summed E-state index contributed by atoms with van der Waals surface area (Å²) in [5.41, 5.74) is 1.54. The number of thiazole rings is 1. The van der Waals surface area contributed by atoms with Crippen LogP contribution in [0.4, 0.5) is 0 Å². The van der Waals surface area contributed by atoms with Crippen LogP contribution in [0.15, 0.2) is 23.0 Å². The first-order chi connectivity index (χ1) is 10.8. The van der Waals surface area contributed by atoms with Gasteiger partial charge in [0.1, 0.15) is 5.01 Å². The van der Waals surface area contributed by atoms with Crippen LogP contribution in [0, 0.1) is 5.41 Å². The molecule has 0 bridgehead atoms. The maximum atomic E-state index is 9.37. The van der Waals surface area contributed by atoms with E-state index in [1.807, 2.05) is 6.20 Å². The van der Waals surface area contributed by atoms with Gasteiger partial charge in [0, 0.05) is 41.7 Å². The fourth-order valence-corrected chi connectivity index (χ4v) is 5.01. The molecular formula is C17H24N2OS2. The van der Waals surface area contributed by atoms with Gasteiger partial charge in [-0.15, -0.1) is 11.3 Å². The second-order valence-electron chi connectivity index (χ2n) is 6.28. The summed E-state index contributed by atoms with van der Waals surface area (Å²) < 4.78 is 0. The molecule has 3 rings (SSSR count). The van der Waals surface area contributed by atoms with E-state index in [-0.39, 0.29) is 0 Å². The van der Waals surface area contributed by atoms with E-state index < -0.39 is 0 Å². The highest BCUT2D eigenvalue weighted by atomic mass is 32.1. The molecule has 2 aromatic heterocycles. The van der Waals surface area contributed by atoms with Gasteiger partial charge in [-0.1, -0.05) is 19.3 Å². The van der Waals surface area contributed by atoms with E-state index in [0.717, 1.165) is 24.5 Å². The molecule has 3 nitrogen and oxygen atoms in total. The molecule has 5 heteroatoms. The van der Waals surface area contributed by atoms with Crippen LogP contribution in [-0.2, 0) is 6.54 Å². The van der Waals surface area contributed by atoms with Gasteiger partial charge in [0.25, 0.3) is 0 Å². The van der Waals surface area contributed by atoms with E-state index in [0.29, 0.717) is 12.0 Å². The zero-order chi connectivity index (χ0) is 15.3. The number of aromatic nitrogens is 1. The Bertz CT molecular complexity index is 553. The van der Waals surface area contributed by atoms with Crippen LogP contribution in [0.2, 0.25) is 0 Å². The predicted molar refractivity (Wildman–Crippen MR) is 94.4 cm³/mol. The number of aliphatic hydroxyl groups is 1. The van der Waals surface area contributed by atoms with Crippen molar-refractivity contribution in [3.63, 3.8) is 0 Å². The Morgan fingerprint density at radius 1 is 1.27 bits per heavy atom. The molecule has 0 aromatic carbocycles. The van der Waals surface area contributed by atoms with Crippen LogP contribution in [0.1, 0.15) is 43.4 Å². The Labute approximate surface area is 140 Å².